The highest BCUT2D eigenvalue weighted by Gasteiger charge is 2.19. The molecule has 0 spiro atoms. The Morgan fingerprint density at radius 3 is 1.55 bits per heavy atom. The molecule has 0 unspecified atom stereocenters. The first-order valence-corrected chi connectivity index (χ1v) is 7.37. The summed E-state index contributed by atoms with van der Waals surface area (Å²) >= 11 is 6.47. The SMILES string of the molecule is Cc1c(F)ccc(C(=O)c2ccc(F)c(C)c2Br)c1Br. The third kappa shape index (κ3) is 2.56. The minimum Gasteiger partial charge on any atom is -0.289 e. The fraction of sp³-hybridized carbons (Fsp3) is 0.133. The molecule has 104 valence electrons. The zero-order valence-electron chi connectivity index (χ0n) is 10.7. The number of ketones is 1. The number of benzene rings is 2. The molecule has 2 rings (SSSR count). The first kappa shape index (κ1) is 15.3. The number of carbonyl (C=O) groups excluding carboxylic acids is 1. The van der Waals surface area contributed by atoms with Crippen LogP contribution in [0.25, 0.3) is 0 Å². The van der Waals surface area contributed by atoms with Crippen LogP contribution in [0.5, 0.6) is 0 Å². The van der Waals surface area contributed by atoms with Crippen LogP contribution in [-0.4, -0.2) is 5.78 Å². The van der Waals surface area contributed by atoms with Crippen molar-refractivity contribution in [3.05, 3.63) is 67.1 Å². The predicted octanol–water partition coefficient (Wildman–Crippen LogP) is 5.34. The molecule has 2 aromatic carbocycles. The Labute approximate surface area is 132 Å². The molecule has 0 aliphatic carbocycles. The fourth-order valence-corrected chi connectivity index (χ4v) is 2.82. The molecule has 2 aromatic rings. The van der Waals surface area contributed by atoms with E-state index in [-0.39, 0.29) is 17.4 Å². The second-order valence-corrected chi connectivity index (χ2v) is 5.98. The fourth-order valence-electron chi connectivity index (χ4n) is 1.82. The van der Waals surface area contributed by atoms with Gasteiger partial charge in [-0.05, 0) is 81.1 Å². The van der Waals surface area contributed by atoms with E-state index in [9.17, 15) is 13.6 Å². The van der Waals surface area contributed by atoms with Crippen LogP contribution in [0.1, 0.15) is 27.0 Å². The van der Waals surface area contributed by atoms with Crippen molar-refractivity contribution in [2.75, 3.05) is 0 Å². The monoisotopic (exact) mass is 402 g/mol. The molecule has 0 fully saturated rings. The van der Waals surface area contributed by atoms with Gasteiger partial charge in [-0.15, -0.1) is 0 Å². The van der Waals surface area contributed by atoms with Crippen molar-refractivity contribution in [2.45, 2.75) is 13.8 Å². The van der Waals surface area contributed by atoms with E-state index in [4.69, 9.17) is 0 Å². The third-order valence-corrected chi connectivity index (χ3v) is 5.17. The van der Waals surface area contributed by atoms with Crippen LogP contribution in [0.2, 0.25) is 0 Å². The van der Waals surface area contributed by atoms with Gasteiger partial charge in [0.15, 0.2) is 5.78 Å². The van der Waals surface area contributed by atoms with Gasteiger partial charge in [0.05, 0.1) is 0 Å². The smallest absolute Gasteiger partial charge is 0.195 e. The zero-order chi connectivity index (χ0) is 15.0. The van der Waals surface area contributed by atoms with Gasteiger partial charge in [-0.2, -0.15) is 0 Å². The van der Waals surface area contributed by atoms with E-state index in [2.05, 4.69) is 31.9 Å². The molecule has 0 saturated heterocycles. The first-order valence-electron chi connectivity index (χ1n) is 5.78. The lowest BCUT2D eigenvalue weighted by Gasteiger charge is -2.10. The van der Waals surface area contributed by atoms with E-state index >= 15 is 0 Å². The molecule has 0 aromatic heterocycles. The zero-order valence-corrected chi connectivity index (χ0v) is 13.9. The summed E-state index contributed by atoms with van der Waals surface area (Å²) in [5.41, 5.74) is 1.42. The van der Waals surface area contributed by atoms with E-state index in [1.807, 2.05) is 0 Å². The van der Waals surface area contributed by atoms with E-state index in [0.717, 1.165) is 0 Å². The number of carbonyl (C=O) groups is 1. The lowest BCUT2D eigenvalue weighted by atomic mass is 10.00. The topological polar surface area (TPSA) is 17.1 Å². The molecule has 0 aliphatic heterocycles. The van der Waals surface area contributed by atoms with Gasteiger partial charge < -0.3 is 0 Å². The highest BCUT2D eigenvalue weighted by Crippen LogP contribution is 2.30. The summed E-state index contributed by atoms with van der Waals surface area (Å²) in [7, 11) is 0. The molecule has 20 heavy (non-hydrogen) atoms. The number of hydrogen-bond acceptors (Lipinski definition) is 1. The van der Waals surface area contributed by atoms with Crippen LogP contribution in [0.3, 0.4) is 0 Å². The van der Waals surface area contributed by atoms with Gasteiger partial charge in [0, 0.05) is 20.1 Å². The van der Waals surface area contributed by atoms with Crippen molar-refractivity contribution >= 4 is 37.6 Å². The van der Waals surface area contributed by atoms with Crippen LogP contribution in [0.4, 0.5) is 8.78 Å². The van der Waals surface area contributed by atoms with Gasteiger partial charge in [-0.3, -0.25) is 4.79 Å². The maximum atomic E-state index is 13.4. The number of halogens is 4. The highest BCUT2D eigenvalue weighted by molar-refractivity contribution is 9.11. The van der Waals surface area contributed by atoms with E-state index in [1.165, 1.54) is 24.3 Å². The maximum Gasteiger partial charge on any atom is 0.195 e. The van der Waals surface area contributed by atoms with E-state index in [0.29, 0.717) is 31.2 Å². The van der Waals surface area contributed by atoms with Crippen LogP contribution in [-0.2, 0) is 0 Å². The Hall–Kier alpha value is -1.07. The molecule has 1 nitrogen and oxygen atoms in total. The molecule has 0 aliphatic rings. The molecule has 0 amide bonds. The summed E-state index contributed by atoms with van der Waals surface area (Å²) in [5.74, 6) is -1.07. The standard InChI is InChI=1S/C15H10Br2F2O/c1-7-11(18)5-3-9(13(7)16)15(20)10-4-6-12(19)8(2)14(10)17/h3-6H,1-2H3. The van der Waals surface area contributed by atoms with E-state index in [1.54, 1.807) is 13.8 Å². The van der Waals surface area contributed by atoms with Crippen LogP contribution in [0.15, 0.2) is 33.2 Å². The predicted molar refractivity (Wildman–Crippen MR) is 81.1 cm³/mol. The second kappa shape index (κ2) is 5.74. The molecule has 5 heteroatoms. The largest absolute Gasteiger partial charge is 0.289 e. The van der Waals surface area contributed by atoms with Crippen LogP contribution in [0, 0.1) is 25.5 Å². The van der Waals surface area contributed by atoms with Gasteiger partial charge in [0.1, 0.15) is 11.6 Å². The highest BCUT2D eigenvalue weighted by atomic mass is 79.9. The summed E-state index contributed by atoms with van der Waals surface area (Å²) in [6.45, 7) is 3.17. The number of hydrogen-bond donors (Lipinski definition) is 0. The minimum atomic E-state index is -0.386. The van der Waals surface area contributed by atoms with Gasteiger partial charge in [-0.25, -0.2) is 8.78 Å². The van der Waals surface area contributed by atoms with E-state index < -0.39 is 0 Å². The average molecular weight is 404 g/mol. The lowest BCUT2D eigenvalue weighted by molar-refractivity contribution is 0.103. The van der Waals surface area contributed by atoms with Crippen LogP contribution < -0.4 is 0 Å². The molecule has 0 bridgehead atoms. The molecular weight excluding hydrogens is 394 g/mol. The summed E-state index contributed by atoms with van der Waals surface area (Å²) in [6, 6.07) is 5.33. The van der Waals surface area contributed by atoms with Gasteiger partial charge in [0.25, 0.3) is 0 Å². The Morgan fingerprint density at radius 2 is 1.20 bits per heavy atom. The second-order valence-electron chi connectivity index (χ2n) is 4.40. The third-order valence-electron chi connectivity index (χ3n) is 3.13. The average Bonchev–Trinajstić information content (AvgIpc) is 2.42. The molecular formula is C15H10Br2F2O. The van der Waals surface area contributed by atoms with Gasteiger partial charge in [0.2, 0.25) is 0 Å². The Bertz CT molecular complexity index is 652. The van der Waals surface area contributed by atoms with Crippen LogP contribution >= 0.6 is 31.9 Å². The van der Waals surface area contributed by atoms with Gasteiger partial charge in [-0.1, -0.05) is 0 Å². The van der Waals surface area contributed by atoms with Crippen molar-refractivity contribution in [2.24, 2.45) is 0 Å². The summed E-state index contributed by atoms with van der Waals surface area (Å²) in [5, 5.41) is 0. The molecule has 0 radical (unpaired) electrons. The van der Waals surface area contributed by atoms with Crippen molar-refractivity contribution in [3.63, 3.8) is 0 Å². The van der Waals surface area contributed by atoms with Crippen molar-refractivity contribution in [1.82, 2.24) is 0 Å². The summed E-state index contributed by atoms with van der Waals surface area (Å²) in [4.78, 5) is 12.5. The van der Waals surface area contributed by atoms with Crippen molar-refractivity contribution in [1.29, 1.82) is 0 Å². The summed E-state index contributed by atoms with van der Waals surface area (Å²) < 4.78 is 27.7. The molecule has 0 atom stereocenters. The van der Waals surface area contributed by atoms with Gasteiger partial charge >= 0.3 is 0 Å². The Balaban J connectivity index is 2.58. The maximum absolute atomic E-state index is 13.4. The Kier molecular flexibility index (Phi) is 4.39. The minimum absolute atomic E-state index is 0.296. The molecule has 0 saturated carbocycles. The molecule has 0 heterocycles. The van der Waals surface area contributed by atoms with Crippen molar-refractivity contribution < 1.29 is 13.6 Å². The molecule has 0 N–H and O–H groups in total. The number of rotatable bonds is 2. The lowest BCUT2D eigenvalue weighted by Crippen LogP contribution is -2.06. The Morgan fingerprint density at radius 1 is 0.850 bits per heavy atom. The first-order chi connectivity index (χ1) is 9.34. The van der Waals surface area contributed by atoms with Crippen molar-refractivity contribution in [3.8, 4) is 0 Å². The normalized spacial score (nSPS) is 10.7. The quantitative estimate of drug-likeness (QED) is 0.618. The summed E-state index contributed by atoms with van der Waals surface area (Å²) in [6.07, 6.45) is 0.